The third kappa shape index (κ3) is 4.21. The Hall–Kier alpha value is -1.46. The van der Waals surface area contributed by atoms with Gasteiger partial charge in [-0.3, -0.25) is 0 Å². The number of nitrogens with two attached hydrogens (primary N) is 1. The monoisotopic (exact) mass is 380 g/mol. The van der Waals surface area contributed by atoms with Crippen LogP contribution in [0.25, 0.3) is 0 Å². The molecule has 3 rings (SSSR count). The average molecular weight is 381 g/mol. The molecule has 6 nitrogen and oxygen atoms in total. The first-order chi connectivity index (χ1) is 12.0. The number of nitrogens with zero attached hydrogens (tertiary/aromatic N) is 2. The number of aliphatic hydroxyl groups excluding tert-OH is 2. The van der Waals surface area contributed by atoms with Crippen molar-refractivity contribution in [3.63, 3.8) is 0 Å². The van der Waals surface area contributed by atoms with Gasteiger partial charge in [-0.25, -0.2) is 0 Å². The molecule has 2 heterocycles. The second-order valence-electron chi connectivity index (χ2n) is 6.45. The summed E-state index contributed by atoms with van der Waals surface area (Å²) in [7, 11) is 0. The summed E-state index contributed by atoms with van der Waals surface area (Å²) in [6, 6.07) is -0.232. The topological polar surface area (TPSA) is 104 Å². The molecule has 1 aromatic heterocycles. The lowest BCUT2D eigenvalue weighted by Gasteiger charge is -2.18. The van der Waals surface area contributed by atoms with Gasteiger partial charge in [-0.1, -0.05) is 36.4 Å². The van der Waals surface area contributed by atoms with E-state index in [4.69, 9.17) is 17.3 Å². The van der Waals surface area contributed by atoms with Crippen LogP contribution in [-0.4, -0.2) is 44.2 Å². The molecule has 1 aliphatic carbocycles. The van der Waals surface area contributed by atoms with Crippen LogP contribution in [-0.2, 0) is 0 Å². The van der Waals surface area contributed by atoms with Crippen molar-refractivity contribution in [3.05, 3.63) is 22.2 Å². The highest BCUT2D eigenvalue weighted by molar-refractivity contribution is 8.03. The zero-order valence-electron chi connectivity index (χ0n) is 13.8. The number of anilines is 2. The maximum atomic E-state index is 10.2. The average Bonchev–Trinajstić information content (AvgIpc) is 3.12. The van der Waals surface area contributed by atoms with Crippen LogP contribution in [0.3, 0.4) is 0 Å². The predicted molar refractivity (Wildman–Crippen MR) is 101 cm³/mol. The summed E-state index contributed by atoms with van der Waals surface area (Å²) < 4.78 is 0. The van der Waals surface area contributed by atoms with Gasteiger partial charge in [0.15, 0.2) is 5.15 Å². The van der Waals surface area contributed by atoms with Crippen molar-refractivity contribution in [1.82, 2.24) is 9.97 Å². The number of halogens is 1. The van der Waals surface area contributed by atoms with Crippen LogP contribution in [0.1, 0.15) is 25.3 Å². The Balaban J connectivity index is 1.85. The van der Waals surface area contributed by atoms with Crippen LogP contribution in [0.5, 0.6) is 0 Å². The number of rotatable bonds is 3. The SMILES string of the molecule is CC1C=CSC1C#Cc1c(Cl)nc(N)nc1N[C@@H]1C[C@H](CO)C[C@H]1O. The maximum Gasteiger partial charge on any atom is 0.223 e. The molecule has 0 radical (unpaired) electrons. The molecule has 5 N–H and O–H groups in total. The standard InChI is InChI=1S/C17H21ClN4O2S/c1-9-4-5-25-14(9)3-2-11-15(18)21-17(19)22-16(11)20-12-6-10(8-23)7-13(12)24/h4-5,9-10,12-14,23-24H,6-8H2,1H3,(H3,19,20,21,22)/t9?,10-,12+,13+,14?/m0/s1. The minimum absolute atomic E-state index is 0.0505. The van der Waals surface area contributed by atoms with Gasteiger partial charge in [0, 0.05) is 6.61 Å². The highest BCUT2D eigenvalue weighted by atomic mass is 35.5. The molecule has 2 aliphatic rings. The van der Waals surface area contributed by atoms with E-state index in [9.17, 15) is 10.2 Å². The lowest BCUT2D eigenvalue weighted by atomic mass is 10.1. The van der Waals surface area contributed by atoms with E-state index in [0.29, 0.717) is 30.1 Å². The molecule has 25 heavy (non-hydrogen) atoms. The molecule has 5 atom stereocenters. The van der Waals surface area contributed by atoms with Gasteiger partial charge in [0.1, 0.15) is 11.4 Å². The number of nitrogens with one attached hydrogen (secondary N) is 1. The van der Waals surface area contributed by atoms with Crippen molar-refractivity contribution in [2.45, 2.75) is 37.2 Å². The van der Waals surface area contributed by atoms with Gasteiger partial charge >= 0.3 is 0 Å². The summed E-state index contributed by atoms with van der Waals surface area (Å²) in [5, 5.41) is 25.1. The van der Waals surface area contributed by atoms with Crippen molar-refractivity contribution in [2.24, 2.45) is 11.8 Å². The first kappa shape index (κ1) is 18.3. The van der Waals surface area contributed by atoms with Gasteiger partial charge in [-0.2, -0.15) is 9.97 Å². The van der Waals surface area contributed by atoms with Crippen LogP contribution in [0, 0.1) is 23.7 Å². The first-order valence-electron chi connectivity index (χ1n) is 8.20. The maximum absolute atomic E-state index is 10.2. The summed E-state index contributed by atoms with van der Waals surface area (Å²) in [4.78, 5) is 8.21. The highest BCUT2D eigenvalue weighted by Crippen LogP contribution is 2.31. The number of hydrogen-bond acceptors (Lipinski definition) is 7. The number of hydrogen-bond donors (Lipinski definition) is 4. The molecule has 1 saturated carbocycles. The molecule has 2 unspecified atom stereocenters. The fraction of sp³-hybridized carbons (Fsp3) is 0.529. The molecule has 1 aromatic rings. The quantitative estimate of drug-likeness (QED) is 0.468. The van der Waals surface area contributed by atoms with E-state index < -0.39 is 6.10 Å². The molecule has 0 amide bonds. The Bertz CT molecular complexity index is 733. The molecule has 0 spiro atoms. The van der Waals surface area contributed by atoms with E-state index in [2.05, 4.69) is 40.1 Å². The minimum atomic E-state index is -0.567. The van der Waals surface area contributed by atoms with E-state index in [1.54, 1.807) is 11.8 Å². The number of thioether (sulfide) groups is 1. The fourth-order valence-electron chi connectivity index (χ4n) is 3.05. The second kappa shape index (κ2) is 7.83. The van der Waals surface area contributed by atoms with Gasteiger partial charge in [-0.15, -0.1) is 11.8 Å². The molecule has 134 valence electrons. The summed E-state index contributed by atoms with van der Waals surface area (Å²) in [5.74, 6) is 7.20. The second-order valence-corrected chi connectivity index (χ2v) is 7.86. The van der Waals surface area contributed by atoms with Gasteiger partial charge in [0.05, 0.1) is 17.4 Å². The third-order valence-electron chi connectivity index (χ3n) is 4.51. The molecule has 1 fully saturated rings. The van der Waals surface area contributed by atoms with Crippen molar-refractivity contribution < 1.29 is 10.2 Å². The Morgan fingerprint density at radius 3 is 2.88 bits per heavy atom. The Kier molecular flexibility index (Phi) is 5.74. The first-order valence-corrected chi connectivity index (χ1v) is 9.52. The summed E-state index contributed by atoms with van der Waals surface area (Å²) in [6.45, 7) is 2.17. The molecular weight excluding hydrogens is 360 g/mol. The number of aliphatic hydroxyl groups is 2. The zero-order valence-corrected chi connectivity index (χ0v) is 15.4. The summed E-state index contributed by atoms with van der Waals surface area (Å²) >= 11 is 7.91. The number of aromatic nitrogens is 2. The Morgan fingerprint density at radius 1 is 1.44 bits per heavy atom. The smallest absolute Gasteiger partial charge is 0.223 e. The van der Waals surface area contributed by atoms with Crippen LogP contribution >= 0.6 is 23.4 Å². The minimum Gasteiger partial charge on any atom is -0.396 e. The molecular formula is C17H21ClN4O2S. The van der Waals surface area contributed by atoms with Crippen LogP contribution in [0.4, 0.5) is 11.8 Å². The van der Waals surface area contributed by atoms with E-state index in [1.165, 1.54) is 0 Å². The number of allylic oxidation sites excluding steroid dienone is 1. The highest BCUT2D eigenvalue weighted by Gasteiger charge is 2.33. The van der Waals surface area contributed by atoms with Gasteiger partial charge < -0.3 is 21.3 Å². The van der Waals surface area contributed by atoms with E-state index in [-0.39, 0.29) is 34.9 Å². The van der Waals surface area contributed by atoms with Crippen molar-refractivity contribution in [3.8, 4) is 11.8 Å². The molecule has 1 aliphatic heterocycles. The van der Waals surface area contributed by atoms with Crippen LogP contribution in [0.15, 0.2) is 11.5 Å². The Labute approximate surface area is 156 Å². The van der Waals surface area contributed by atoms with Crippen LogP contribution in [0.2, 0.25) is 5.15 Å². The predicted octanol–water partition coefficient (Wildman–Crippen LogP) is 1.87. The Morgan fingerprint density at radius 2 is 2.24 bits per heavy atom. The van der Waals surface area contributed by atoms with Crippen LogP contribution < -0.4 is 11.1 Å². The van der Waals surface area contributed by atoms with Crippen molar-refractivity contribution >= 4 is 35.1 Å². The normalized spacial score (nSPS) is 31.0. The molecule has 0 aromatic carbocycles. The van der Waals surface area contributed by atoms with E-state index in [0.717, 1.165) is 0 Å². The summed E-state index contributed by atoms with van der Waals surface area (Å²) in [5.41, 5.74) is 6.20. The van der Waals surface area contributed by atoms with Crippen molar-refractivity contribution in [2.75, 3.05) is 17.7 Å². The fourth-order valence-corrected chi connectivity index (χ4v) is 4.25. The van der Waals surface area contributed by atoms with E-state index >= 15 is 0 Å². The largest absolute Gasteiger partial charge is 0.396 e. The lowest BCUT2D eigenvalue weighted by Crippen LogP contribution is -2.29. The van der Waals surface area contributed by atoms with Crippen molar-refractivity contribution in [1.29, 1.82) is 0 Å². The molecule has 8 heteroatoms. The summed E-state index contributed by atoms with van der Waals surface area (Å²) in [6.07, 6.45) is 2.74. The molecule has 0 saturated heterocycles. The van der Waals surface area contributed by atoms with Gasteiger partial charge in [-0.05, 0) is 30.1 Å². The van der Waals surface area contributed by atoms with Gasteiger partial charge in [0.2, 0.25) is 5.95 Å². The zero-order chi connectivity index (χ0) is 18.0. The number of nitrogen functional groups attached to an aromatic ring is 1. The van der Waals surface area contributed by atoms with E-state index in [1.807, 2.05) is 5.41 Å². The third-order valence-corrected chi connectivity index (χ3v) is 5.94. The lowest BCUT2D eigenvalue weighted by molar-refractivity contribution is 0.157. The van der Waals surface area contributed by atoms with Gasteiger partial charge in [0.25, 0.3) is 0 Å². The molecule has 0 bridgehead atoms.